The Kier molecular flexibility index (Phi) is 2.58. The molecule has 0 aliphatic rings. The summed E-state index contributed by atoms with van der Waals surface area (Å²) in [6.07, 6.45) is 1.83. The maximum atomic E-state index is 10.8. The van der Waals surface area contributed by atoms with Gasteiger partial charge in [0, 0.05) is 5.92 Å². The number of aromatic amines is 2. The maximum Gasteiger partial charge on any atom is 0.325 e. The highest BCUT2D eigenvalue weighted by atomic mass is 16.3. The van der Waals surface area contributed by atoms with Gasteiger partial charge in [-0.15, -0.1) is 0 Å². The van der Waals surface area contributed by atoms with Gasteiger partial charge in [0.25, 0.3) is 0 Å². The van der Waals surface area contributed by atoms with Crippen LogP contribution >= 0.6 is 0 Å². The molecule has 0 unspecified atom stereocenters. The SMILES string of the molecule is CCC(CC)c1[nH]c(=O)[nH]c1O. The first-order chi connectivity index (χ1) is 5.69. The Morgan fingerprint density at radius 2 is 1.92 bits per heavy atom. The lowest BCUT2D eigenvalue weighted by Crippen LogP contribution is -2.03. The molecule has 0 amide bonds. The molecule has 1 heterocycles. The number of aromatic nitrogens is 2. The Hall–Kier alpha value is -1.19. The molecule has 0 saturated carbocycles. The van der Waals surface area contributed by atoms with Crippen molar-refractivity contribution in [3.8, 4) is 5.88 Å². The van der Waals surface area contributed by atoms with Gasteiger partial charge in [-0.25, -0.2) is 4.79 Å². The first-order valence-corrected chi connectivity index (χ1v) is 4.20. The van der Waals surface area contributed by atoms with E-state index in [0.717, 1.165) is 12.8 Å². The molecule has 0 spiro atoms. The summed E-state index contributed by atoms with van der Waals surface area (Å²) < 4.78 is 0. The van der Waals surface area contributed by atoms with E-state index in [1.807, 2.05) is 13.8 Å². The van der Waals surface area contributed by atoms with Gasteiger partial charge in [-0.05, 0) is 12.8 Å². The normalized spacial score (nSPS) is 10.9. The molecule has 3 N–H and O–H groups in total. The van der Waals surface area contributed by atoms with Crippen LogP contribution in [-0.2, 0) is 0 Å². The second-order valence-corrected chi connectivity index (χ2v) is 2.85. The minimum atomic E-state index is -0.339. The van der Waals surface area contributed by atoms with Crippen molar-refractivity contribution in [3.63, 3.8) is 0 Å². The summed E-state index contributed by atoms with van der Waals surface area (Å²) in [5.74, 6) is 0.220. The second kappa shape index (κ2) is 3.47. The molecule has 0 fully saturated rings. The highest BCUT2D eigenvalue weighted by Crippen LogP contribution is 2.25. The lowest BCUT2D eigenvalue weighted by Gasteiger charge is -2.08. The number of H-pyrrole nitrogens is 2. The van der Waals surface area contributed by atoms with Crippen LogP contribution in [0.2, 0.25) is 0 Å². The molecule has 1 aromatic heterocycles. The summed E-state index contributed by atoms with van der Waals surface area (Å²) in [5.41, 5.74) is 0.291. The molecule has 0 aliphatic heterocycles. The molecule has 12 heavy (non-hydrogen) atoms. The summed E-state index contributed by atoms with van der Waals surface area (Å²) >= 11 is 0. The fourth-order valence-electron chi connectivity index (χ4n) is 1.38. The molecule has 0 aliphatic carbocycles. The van der Waals surface area contributed by atoms with Gasteiger partial charge < -0.3 is 10.1 Å². The Morgan fingerprint density at radius 1 is 1.33 bits per heavy atom. The molecule has 4 nitrogen and oxygen atoms in total. The standard InChI is InChI=1S/C8H14N2O2/c1-3-5(4-2)6-7(11)10-8(12)9-6/h5,11H,3-4H2,1-2H3,(H2,9,10,12). The van der Waals surface area contributed by atoms with Crippen LogP contribution in [0.3, 0.4) is 0 Å². The molecular weight excluding hydrogens is 156 g/mol. The van der Waals surface area contributed by atoms with Gasteiger partial charge in [0.2, 0.25) is 5.88 Å². The van der Waals surface area contributed by atoms with Gasteiger partial charge in [0.05, 0.1) is 5.69 Å². The Balaban J connectivity index is 2.99. The van der Waals surface area contributed by atoms with Crippen molar-refractivity contribution in [3.05, 3.63) is 16.2 Å². The Labute approximate surface area is 70.6 Å². The summed E-state index contributed by atoms with van der Waals surface area (Å²) in [4.78, 5) is 15.7. The number of aromatic hydroxyl groups is 1. The predicted molar refractivity (Wildman–Crippen MR) is 46.4 cm³/mol. The van der Waals surface area contributed by atoms with Crippen LogP contribution in [0.15, 0.2) is 4.79 Å². The van der Waals surface area contributed by atoms with Crippen molar-refractivity contribution in [2.24, 2.45) is 0 Å². The van der Waals surface area contributed by atoms with Gasteiger partial charge in [-0.1, -0.05) is 13.8 Å². The quantitative estimate of drug-likeness (QED) is 0.640. The van der Waals surface area contributed by atoms with Crippen molar-refractivity contribution in [2.75, 3.05) is 0 Å². The van der Waals surface area contributed by atoms with E-state index in [2.05, 4.69) is 9.97 Å². The smallest absolute Gasteiger partial charge is 0.325 e. The van der Waals surface area contributed by atoms with Crippen molar-refractivity contribution in [1.82, 2.24) is 9.97 Å². The van der Waals surface area contributed by atoms with Crippen LogP contribution in [0.5, 0.6) is 5.88 Å². The Morgan fingerprint density at radius 3 is 2.25 bits per heavy atom. The van der Waals surface area contributed by atoms with E-state index in [1.165, 1.54) is 0 Å². The molecule has 4 heteroatoms. The van der Waals surface area contributed by atoms with Crippen molar-refractivity contribution in [2.45, 2.75) is 32.6 Å². The van der Waals surface area contributed by atoms with Gasteiger partial charge in [0.1, 0.15) is 0 Å². The van der Waals surface area contributed by atoms with E-state index in [-0.39, 0.29) is 17.5 Å². The van der Waals surface area contributed by atoms with E-state index in [0.29, 0.717) is 5.69 Å². The van der Waals surface area contributed by atoms with E-state index in [1.54, 1.807) is 0 Å². The Bertz CT molecular complexity index is 296. The van der Waals surface area contributed by atoms with Crippen molar-refractivity contribution in [1.29, 1.82) is 0 Å². The van der Waals surface area contributed by atoms with Crippen molar-refractivity contribution < 1.29 is 5.11 Å². The zero-order valence-electron chi connectivity index (χ0n) is 7.35. The number of nitrogens with one attached hydrogen (secondary N) is 2. The van der Waals surface area contributed by atoms with Gasteiger partial charge in [-0.3, -0.25) is 4.98 Å². The molecule has 0 saturated heterocycles. The minimum absolute atomic E-state index is 0.0197. The van der Waals surface area contributed by atoms with Crippen LogP contribution in [0.25, 0.3) is 0 Å². The molecule has 0 aromatic carbocycles. The highest BCUT2D eigenvalue weighted by molar-refractivity contribution is 5.20. The van der Waals surface area contributed by atoms with Crippen molar-refractivity contribution >= 4 is 0 Å². The van der Waals surface area contributed by atoms with Crippen LogP contribution in [0, 0.1) is 0 Å². The zero-order chi connectivity index (χ0) is 9.14. The van der Waals surface area contributed by atoms with E-state index < -0.39 is 0 Å². The average Bonchev–Trinajstić information content (AvgIpc) is 2.34. The summed E-state index contributed by atoms with van der Waals surface area (Å²) in [7, 11) is 0. The van der Waals surface area contributed by atoms with E-state index in [9.17, 15) is 9.90 Å². The highest BCUT2D eigenvalue weighted by Gasteiger charge is 2.14. The molecule has 68 valence electrons. The molecule has 0 atom stereocenters. The number of imidazole rings is 1. The molecule has 1 aromatic rings. The maximum absolute atomic E-state index is 10.8. The zero-order valence-corrected chi connectivity index (χ0v) is 7.35. The molecular formula is C8H14N2O2. The van der Waals surface area contributed by atoms with Crippen LogP contribution in [-0.4, -0.2) is 15.1 Å². The van der Waals surface area contributed by atoms with Gasteiger partial charge >= 0.3 is 5.69 Å². The predicted octanol–water partition coefficient (Wildman–Crippen LogP) is 1.31. The number of hydrogen-bond acceptors (Lipinski definition) is 2. The summed E-state index contributed by atoms with van der Waals surface area (Å²) in [6, 6.07) is 0. The van der Waals surface area contributed by atoms with E-state index in [4.69, 9.17) is 0 Å². The van der Waals surface area contributed by atoms with Gasteiger partial charge in [0.15, 0.2) is 0 Å². The van der Waals surface area contributed by atoms with E-state index >= 15 is 0 Å². The van der Waals surface area contributed by atoms with Crippen LogP contribution in [0.1, 0.15) is 38.3 Å². The lowest BCUT2D eigenvalue weighted by molar-refractivity contribution is 0.438. The topological polar surface area (TPSA) is 68.9 Å². The van der Waals surface area contributed by atoms with Crippen LogP contribution < -0.4 is 5.69 Å². The number of rotatable bonds is 3. The second-order valence-electron chi connectivity index (χ2n) is 2.85. The molecule has 0 bridgehead atoms. The first-order valence-electron chi connectivity index (χ1n) is 4.20. The first kappa shape index (κ1) is 8.90. The molecule has 1 rings (SSSR count). The monoisotopic (exact) mass is 170 g/mol. The third-order valence-corrected chi connectivity index (χ3v) is 2.13. The third-order valence-electron chi connectivity index (χ3n) is 2.13. The fourth-order valence-corrected chi connectivity index (χ4v) is 1.38. The third kappa shape index (κ3) is 1.52. The minimum Gasteiger partial charge on any atom is -0.493 e. The lowest BCUT2D eigenvalue weighted by atomic mass is 10.00. The number of hydrogen-bond donors (Lipinski definition) is 3. The van der Waals surface area contributed by atoms with Crippen LogP contribution in [0.4, 0.5) is 0 Å². The fraction of sp³-hybridized carbons (Fsp3) is 0.625. The summed E-state index contributed by atoms with van der Waals surface area (Å²) in [6.45, 7) is 4.05. The van der Waals surface area contributed by atoms with Gasteiger partial charge in [-0.2, -0.15) is 0 Å². The average molecular weight is 170 g/mol. The molecule has 0 radical (unpaired) electrons. The largest absolute Gasteiger partial charge is 0.493 e. The summed E-state index contributed by atoms with van der Waals surface area (Å²) in [5, 5.41) is 9.28.